The monoisotopic (exact) mass is 530 g/mol. The van der Waals surface area contributed by atoms with E-state index >= 15 is 4.39 Å². The molecule has 0 aliphatic rings. The molecule has 4 heterocycles. The quantitative estimate of drug-likeness (QED) is 0.299. The zero-order chi connectivity index (χ0) is 28.1. The Balaban J connectivity index is 1.39. The molecule has 0 saturated carbocycles. The maximum Gasteiger partial charge on any atom is 0.315 e. The second-order valence-corrected chi connectivity index (χ2v) is 10.9. The topological polar surface area (TPSA) is 127 Å². The molecule has 1 aromatic carbocycles. The minimum Gasteiger partial charge on any atom is -0.344 e. The first-order valence-electron chi connectivity index (χ1n) is 12.8. The molecule has 1 amide bonds. The number of fused-ring (bicyclic) bond motifs is 1. The van der Waals surface area contributed by atoms with E-state index in [4.69, 9.17) is 9.51 Å². The van der Waals surface area contributed by atoms with Crippen LogP contribution in [-0.4, -0.2) is 40.8 Å². The van der Waals surface area contributed by atoms with Gasteiger partial charge in [-0.15, -0.1) is 0 Å². The van der Waals surface area contributed by atoms with Gasteiger partial charge in [0.25, 0.3) is 0 Å². The molecular formula is C28H31FN8O2. The lowest BCUT2D eigenvalue weighted by Crippen LogP contribution is -2.24. The standard InChI is InChI=1S/C28H31FN8O2/c1-14(2)37-16(4)21(15(3)35-37)23-32-22-19(10-11-30-24(22)33-23)17-8-9-18(20(29)12-17)13-31-25(38)26-34-27(36-39-26)28(5,6)7/h8-12,14H,13H2,1-7H3,(H,31,38)(H,30,32,33). The number of hydrogen-bond donors (Lipinski definition) is 2. The number of pyridine rings is 1. The number of aromatic amines is 1. The van der Waals surface area contributed by atoms with E-state index in [1.54, 1.807) is 18.3 Å². The molecule has 4 aromatic heterocycles. The number of amides is 1. The van der Waals surface area contributed by atoms with Crippen molar-refractivity contribution in [3.63, 3.8) is 0 Å². The first-order chi connectivity index (χ1) is 18.4. The number of aryl methyl sites for hydroxylation is 1. The molecule has 0 radical (unpaired) electrons. The molecule has 39 heavy (non-hydrogen) atoms. The summed E-state index contributed by atoms with van der Waals surface area (Å²) < 4.78 is 22.2. The third-order valence-electron chi connectivity index (χ3n) is 6.53. The number of aromatic nitrogens is 7. The SMILES string of the molecule is Cc1nn(C(C)C)c(C)c1-c1nc2c(-c3ccc(CNC(=O)c4nc(C(C)(C)C)no4)c(F)c3)ccnc2[nH]1. The van der Waals surface area contributed by atoms with Crippen molar-refractivity contribution in [1.82, 2.24) is 40.2 Å². The minimum absolute atomic E-state index is 0.0329. The van der Waals surface area contributed by atoms with Crippen molar-refractivity contribution in [2.45, 2.75) is 66.5 Å². The van der Waals surface area contributed by atoms with Crippen LogP contribution in [0.4, 0.5) is 4.39 Å². The van der Waals surface area contributed by atoms with Gasteiger partial charge in [-0.1, -0.05) is 38.1 Å². The van der Waals surface area contributed by atoms with Gasteiger partial charge in [-0.3, -0.25) is 9.48 Å². The molecule has 0 bridgehead atoms. The number of H-pyrrole nitrogens is 1. The van der Waals surface area contributed by atoms with E-state index in [0.717, 1.165) is 22.5 Å². The first kappa shape index (κ1) is 26.2. The van der Waals surface area contributed by atoms with Gasteiger partial charge >= 0.3 is 11.8 Å². The predicted octanol–water partition coefficient (Wildman–Crippen LogP) is 5.44. The summed E-state index contributed by atoms with van der Waals surface area (Å²) in [5, 5.41) is 11.2. The Kier molecular flexibility index (Phi) is 6.53. The van der Waals surface area contributed by atoms with Crippen molar-refractivity contribution in [2.75, 3.05) is 0 Å². The van der Waals surface area contributed by atoms with Crippen molar-refractivity contribution in [3.8, 4) is 22.5 Å². The Morgan fingerprint density at radius 1 is 1.18 bits per heavy atom. The van der Waals surface area contributed by atoms with Gasteiger partial charge in [-0.25, -0.2) is 14.4 Å². The number of nitrogens with one attached hydrogen (secondary N) is 2. The van der Waals surface area contributed by atoms with Gasteiger partial charge < -0.3 is 14.8 Å². The third kappa shape index (κ3) is 4.91. The summed E-state index contributed by atoms with van der Waals surface area (Å²) in [6, 6.07) is 6.89. The molecule has 11 heteroatoms. The second-order valence-electron chi connectivity index (χ2n) is 10.9. The van der Waals surface area contributed by atoms with E-state index in [1.807, 2.05) is 45.4 Å². The minimum atomic E-state index is -0.562. The van der Waals surface area contributed by atoms with Crippen LogP contribution in [0, 0.1) is 19.7 Å². The molecule has 0 aliphatic carbocycles. The Bertz CT molecular complexity index is 1690. The highest BCUT2D eigenvalue weighted by Crippen LogP contribution is 2.32. The van der Waals surface area contributed by atoms with E-state index < -0.39 is 11.7 Å². The van der Waals surface area contributed by atoms with E-state index in [0.29, 0.717) is 33.9 Å². The van der Waals surface area contributed by atoms with Gasteiger partial charge in [0, 0.05) is 41.0 Å². The fourth-order valence-corrected chi connectivity index (χ4v) is 4.50. The van der Waals surface area contributed by atoms with E-state index in [2.05, 4.69) is 44.4 Å². The van der Waals surface area contributed by atoms with Gasteiger partial charge in [-0.05, 0) is 45.4 Å². The lowest BCUT2D eigenvalue weighted by molar-refractivity contribution is 0.0906. The van der Waals surface area contributed by atoms with E-state index in [1.165, 1.54) is 6.07 Å². The lowest BCUT2D eigenvalue weighted by atomic mass is 9.96. The largest absolute Gasteiger partial charge is 0.344 e. The van der Waals surface area contributed by atoms with Gasteiger partial charge in [-0.2, -0.15) is 10.1 Å². The van der Waals surface area contributed by atoms with Crippen LogP contribution in [0.5, 0.6) is 0 Å². The van der Waals surface area contributed by atoms with Crippen LogP contribution < -0.4 is 5.32 Å². The molecule has 0 saturated heterocycles. The van der Waals surface area contributed by atoms with Crippen molar-refractivity contribution >= 4 is 17.1 Å². The molecule has 5 rings (SSSR count). The number of carbonyl (C=O) groups excluding carboxylic acids is 1. The molecule has 2 N–H and O–H groups in total. The van der Waals surface area contributed by atoms with Crippen LogP contribution in [0.1, 0.15) is 74.1 Å². The van der Waals surface area contributed by atoms with Gasteiger partial charge in [0.1, 0.15) is 17.2 Å². The van der Waals surface area contributed by atoms with Crippen LogP contribution in [-0.2, 0) is 12.0 Å². The van der Waals surface area contributed by atoms with Crippen molar-refractivity contribution < 1.29 is 13.7 Å². The number of rotatable bonds is 6. The summed E-state index contributed by atoms with van der Waals surface area (Å²) in [5.74, 6) is -0.0864. The summed E-state index contributed by atoms with van der Waals surface area (Å²) in [7, 11) is 0. The highest BCUT2D eigenvalue weighted by atomic mass is 19.1. The maximum atomic E-state index is 15.1. The van der Waals surface area contributed by atoms with Gasteiger partial charge in [0.05, 0.1) is 11.3 Å². The zero-order valence-corrected chi connectivity index (χ0v) is 23.0. The van der Waals surface area contributed by atoms with Gasteiger partial charge in [0.2, 0.25) is 0 Å². The number of imidazole rings is 1. The first-order valence-corrected chi connectivity index (χ1v) is 12.8. The highest BCUT2D eigenvalue weighted by Gasteiger charge is 2.24. The summed E-state index contributed by atoms with van der Waals surface area (Å²) in [6.07, 6.45) is 1.67. The Morgan fingerprint density at radius 3 is 2.59 bits per heavy atom. The van der Waals surface area contributed by atoms with Crippen LogP contribution in [0.25, 0.3) is 33.7 Å². The molecule has 5 aromatic rings. The summed E-state index contributed by atoms with van der Waals surface area (Å²) in [6.45, 7) is 13.9. The van der Waals surface area contributed by atoms with Crippen molar-refractivity contribution in [2.24, 2.45) is 0 Å². The van der Waals surface area contributed by atoms with Crippen LogP contribution >= 0.6 is 0 Å². The van der Waals surface area contributed by atoms with Crippen LogP contribution in [0.15, 0.2) is 35.0 Å². The summed E-state index contributed by atoms with van der Waals surface area (Å²) >= 11 is 0. The molecule has 0 atom stereocenters. The second kappa shape index (κ2) is 9.72. The lowest BCUT2D eigenvalue weighted by Gasteiger charge is -2.10. The Labute approximate surface area is 225 Å². The molecule has 0 unspecified atom stereocenters. The Morgan fingerprint density at radius 2 is 1.95 bits per heavy atom. The fourth-order valence-electron chi connectivity index (χ4n) is 4.50. The summed E-state index contributed by atoms with van der Waals surface area (Å²) in [5.41, 5.74) is 5.40. The molecular weight excluding hydrogens is 499 g/mol. The normalized spacial score (nSPS) is 12.0. The Hall–Kier alpha value is -4.41. The maximum absolute atomic E-state index is 15.1. The number of carbonyl (C=O) groups is 1. The van der Waals surface area contributed by atoms with E-state index in [9.17, 15) is 4.79 Å². The van der Waals surface area contributed by atoms with E-state index in [-0.39, 0.29) is 23.9 Å². The van der Waals surface area contributed by atoms with Crippen LogP contribution in [0.2, 0.25) is 0 Å². The predicted molar refractivity (Wildman–Crippen MR) is 145 cm³/mol. The molecule has 10 nitrogen and oxygen atoms in total. The van der Waals surface area contributed by atoms with Crippen molar-refractivity contribution in [1.29, 1.82) is 0 Å². The molecule has 0 aliphatic heterocycles. The zero-order valence-electron chi connectivity index (χ0n) is 23.0. The third-order valence-corrected chi connectivity index (χ3v) is 6.53. The van der Waals surface area contributed by atoms with Crippen molar-refractivity contribution in [3.05, 3.63) is 64.9 Å². The average Bonchev–Trinajstić information content (AvgIpc) is 3.59. The summed E-state index contributed by atoms with van der Waals surface area (Å²) in [4.78, 5) is 29.2. The average molecular weight is 531 g/mol. The number of halogens is 1. The number of hydrogen-bond acceptors (Lipinski definition) is 7. The molecule has 0 fully saturated rings. The van der Waals surface area contributed by atoms with Crippen LogP contribution in [0.3, 0.4) is 0 Å². The fraction of sp³-hybridized carbons (Fsp3) is 0.357. The number of nitrogens with zero attached hydrogens (tertiary/aromatic N) is 6. The van der Waals surface area contributed by atoms with Gasteiger partial charge in [0.15, 0.2) is 11.5 Å². The highest BCUT2D eigenvalue weighted by molar-refractivity contribution is 5.92. The molecule has 0 spiro atoms. The molecule has 202 valence electrons. The smallest absolute Gasteiger partial charge is 0.315 e. The number of benzene rings is 1.